The van der Waals surface area contributed by atoms with Gasteiger partial charge in [-0.25, -0.2) is 0 Å². The van der Waals surface area contributed by atoms with E-state index < -0.39 is 0 Å². The van der Waals surface area contributed by atoms with Crippen molar-refractivity contribution in [3.05, 3.63) is 0 Å². The smallest absolute Gasteiger partial charge is 0.309 e. The molecule has 4 unspecified atom stereocenters. The zero-order chi connectivity index (χ0) is 11.8. The third kappa shape index (κ3) is 2.49. The quantitative estimate of drug-likeness (QED) is 0.548. The molecule has 3 rings (SSSR count). The Morgan fingerprint density at radius 1 is 1.12 bits per heavy atom. The molecule has 1 aliphatic heterocycles. The Hall–Kier alpha value is -0.570. The van der Waals surface area contributed by atoms with Gasteiger partial charge in [-0.15, -0.1) is 0 Å². The van der Waals surface area contributed by atoms with Crippen molar-refractivity contribution < 1.29 is 14.3 Å². The Morgan fingerprint density at radius 2 is 1.82 bits per heavy atom. The molecule has 2 aliphatic carbocycles. The maximum atomic E-state index is 12.1. The predicted octanol–water partition coefficient (Wildman–Crippen LogP) is 2.68. The minimum atomic E-state index is 0.0562. The highest BCUT2D eigenvalue weighted by atomic mass is 16.6. The van der Waals surface area contributed by atoms with E-state index >= 15 is 0 Å². The van der Waals surface area contributed by atoms with Crippen molar-refractivity contribution in [2.45, 2.75) is 70.2 Å². The van der Waals surface area contributed by atoms with E-state index in [0.717, 1.165) is 25.7 Å². The second-order valence-corrected chi connectivity index (χ2v) is 5.97. The topological polar surface area (TPSA) is 38.8 Å². The van der Waals surface area contributed by atoms with Gasteiger partial charge in [-0.1, -0.05) is 26.2 Å². The fraction of sp³-hybridized carbons (Fsp3) is 0.929. The summed E-state index contributed by atoms with van der Waals surface area (Å²) in [5.74, 6) is 0.695. The number of rotatable bonds is 2. The van der Waals surface area contributed by atoms with Crippen molar-refractivity contribution in [3.63, 3.8) is 0 Å². The standard InChI is InChI=1S/C14H22O3/c1-9-7-12-13(16-12)8-11(9)17-14(15)10-5-3-2-4-6-10/h9-13H,2-8H2,1H3. The highest BCUT2D eigenvalue weighted by Crippen LogP contribution is 2.41. The molecular weight excluding hydrogens is 216 g/mol. The van der Waals surface area contributed by atoms with Crippen LogP contribution in [0.3, 0.4) is 0 Å². The van der Waals surface area contributed by atoms with Crippen LogP contribution in [0.1, 0.15) is 51.9 Å². The second-order valence-electron chi connectivity index (χ2n) is 5.97. The Balaban J connectivity index is 1.52. The zero-order valence-corrected chi connectivity index (χ0v) is 10.6. The summed E-state index contributed by atoms with van der Waals surface area (Å²) < 4.78 is 11.2. The van der Waals surface area contributed by atoms with Gasteiger partial charge < -0.3 is 9.47 Å². The predicted molar refractivity (Wildman–Crippen MR) is 63.5 cm³/mol. The lowest BCUT2D eigenvalue weighted by Gasteiger charge is -2.29. The highest BCUT2D eigenvalue weighted by molar-refractivity contribution is 5.72. The van der Waals surface area contributed by atoms with Crippen LogP contribution in [-0.4, -0.2) is 24.3 Å². The molecule has 3 heteroatoms. The van der Waals surface area contributed by atoms with Gasteiger partial charge in [-0.3, -0.25) is 4.79 Å². The van der Waals surface area contributed by atoms with Crippen LogP contribution in [0.5, 0.6) is 0 Å². The molecule has 0 amide bonds. The summed E-state index contributed by atoms with van der Waals surface area (Å²) in [6.45, 7) is 2.18. The van der Waals surface area contributed by atoms with Crippen LogP contribution in [0.2, 0.25) is 0 Å². The fourth-order valence-electron chi connectivity index (χ4n) is 3.32. The van der Waals surface area contributed by atoms with Gasteiger partial charge in [0.2, 0.25) is 0 Å². The molecule has 1 heterocycles. The van der Waals surface area contributed by atoms with Crippen LogP contribution >= 0.6 is 0 Å². The third-order valence-corrected chi connectivity index (χ3v) is 4.60. The van der Waals surface area contributed by atoms with Crippen molar-refractivity contribution >= 4 is 5.97 Å². The Labute approximate surface area is 103 Å². The molecule has 0 radical (unpaired) electrons. The lowest BCUT2D eigenvalue weighted by atomic mass is 9.87. The maximum Gasteiger partial charge on any atom is 0.309 e. The number of carbonyl (C=O) groups is 1. The third-order valence-electron chi connectivity index (χ3n) is 4.60. The van der Waals surface area contributed by atoms with Crippen molar-refractivity contribution in [1.82, 2.24) is 0 Å². The summed E-state index contributed by atoms with van der Waals surface area (Å²) >= 11 is 0. The van der Waals surface area contributed by atoms with Crippen molar-refractivity contribution in [2.24, 2.45) is 11.8 Å². The van der Waals surface area contributed by atoms with E-state index in [2.05, 4.69) is 6.92 Å². The van der Waals surface area contributed by atoms with Gasteiger partial charge in [-0.05, 0) is 25.2 Å². The van der Waals surface area contributed by atoms with Gasteiger partial charge in [0.25, 0.3) is 0 Å². The van der Waals surface area contributed by atoms with Crippen LogP contribution < -0.4 is 0 Å². The van der Waals surface area contributed by atoms with Gasteiger partial charge in [0.15, 0.2) is 0 Å². The van der Waals surface area contributed by atoms with E-state index in [1.54, 1.807) is 0 Å². The van der Waals surface area contributed by atoms with E-state index in [1.165, 1.54) is 19.3 Å². The summed E-state index contributed by atoms with van der Waals surface area (Å²) in [6.07, 6.45) is 8.66. The Morgan fingerprint density at radius 3 is 2.59 bits per heavy atom. The van der Waals surface area contributed by atoms with E-state index in [-0.39, 0.29) is 18.0 Å². The summed E-state index contributed by atoms with van der Waals surface area (Å²) in [5.41, 5.74) is 0. The lowest BCUT2D eigenvalue weighted by molar-refractivity contribution is -0.158. The molecule has 17 heavy (non-hydrogen) atoms. The minimum absolute atomic E-state index is 0.0562. The van der Waals surface area contributed by atoms with Crippen molar-refractivity contribution in [1.29, 1.82) is 0 Å². The van der Waals surface area contributed by atoms with Crippen LogP contribution in [0.25, 0.3) is 0 Å². The van der Waals surface area contributed by atoms with Gasteiger partial charge in [0, 0.05) is 6.42 Å². The van der Waals surface area contributed by atoms with Crippen molar-refractivity contribution in [2.75, 3.05) is 0 Å². The summed E-state index contributed by atoms with van der Waals surface area (Å²) in [5, 5.41) is 0. The van der Waals surface area contributed by atoms with Gasteiger partial charge in [0.05, 0.1) is 18.1 Å². The van der Waals surface area contributed by atoms with Gasteiger partial charge in [0.1, 0.15) is 6.10 Å². The minimum Gasteiger partial charge on any atom is -0.462 e. The van der Waals surface area contributed by atoms with Crippen LogP contribution in [0, 0.1) is 11.8 Å². The van der Waals surface area contributed by atoms with Crippen molar-refractivity contribution in [3.8, 4) is 0 Å². The SMILES string of the molecule is CC1CC2OC2CC1OC(=O)C1CCCCC1. The first kappa shape index (κ1) is 11.5. The Kier molecular flexibility index (Phi) is 3.12. The summed E-state index contributed by atoms with van der Waals surface area (Å²) in [7, 11) is 0. The second kappa shape index (κ2) is 4.60. The first-order valence-corrected chi connectivity index (χ1v) is 7.10. The molecule has 0 N–H and O–H groups in total. The molecule has 3 aliphatic rings. The molecular formula is C14H22O3. The molecule has 3 fully saturated rings. The first-order chi connectivity index (χ1) is 8.24. The molecule has 1 saturated heterocycles. The molecule has 3 nitrogen and oxygen atoms in total. The van der Waals surface area contributed by atoms with E-state index in [9.17, 15) is 4.79 Å². The summed E-state index contributed by atoms with van der Waals surface area (Å²) in [6, 6.07) is 0. The molecule has 0 spiro atoms. The van der Waals surface area contributed by atoms with Crippen LogP contribution in [-0.2, 0) is 14.3 Å². The number of fused-ring (bicyclic) bond motifs is 1. The zero-order valence-electron chi connectivity index (χ0n) is 10.6. The first-order valence-electron chi connectivity index (χ1n) is 7.10. The molecule has 2 saturated carbocycles. The Bertz CT molecular complexity index is 296. The number of hydrogen-bond donors (Lipinski definition) is 0. The number of hydrogen-bond acceptors (Lipinski definition) is 3. The molecule has 0 aromatic carbocycles. The molecule has 0 aromatic heterocycles. The average molecular weight is 238 g/mol. The van der Waals surface area contributed by atoms with E-state index in [0.29, 0.717) is 18.1 Å². The number of ether oxygens (including phenoxy) is 2. The normalized spacial score (nSPS) is 41.7. The van der Waals surface area contributed by atoms with Crippen LogP contribution in [0.4, 0.5) is 0 Å². The molecule has 96 valence electrons. The summed E-state index contributed by atoms with van der Waals surface area (Å²) in [4.78, 5) is 12.1. The number of carbonyl (C=O) groups excluding carboxylic acids is 1. The molecule has 0 bridgehead atoms. The maximum absolute atomic E-state index is 12.1. The number of epoxide rings is 1. The molecule has 0 aromatic rings. The molecule has 4 atom stereocenters. The number of esters is 1. The fourth-order valence-corrected chi connectivity index (χ4v) is 3.32. The largest absolute Gasteiger partial charge is 0.462 e. The average Bonchev–Trinajstić information content (AvgIpc) is 3.08. The van der Waals surface area contributed by atoms with Gasteiger partial charge >= 0.3 is 5.97 Å². The lowest BCUT2D eigenvalue weighted by Crippen LogP contribution is -2.34. The highest BCUT2D eigenvalue weighted by Gasteiger charge is 2.48. The van der Waals surface area contributed by atoms with E-state index in [4.69, 9.17) is 9.47 Å². The van der Waals surface area contributed by atoms with Crippen LogP contribution in [0.15, 0.2) is 0 Å². The van der Waals surface area contributed by atoms with Gasteiger partial charge in [-0.2, -0.15) is 0 Å². The monoisotopic (exact) mass is 238 g/mol. The van der Waals surface area contributed by atoms with E-state index in [1.807, 2.05) is 0 Å².